The van der Waals surface area contributed by atoms with Crippen LogP contribution < -0.4 is 0 Å². The molecule has 78 valence electrons. The third-order valence-electron chi connectivity index (χ3n) is 1.89. The van der Waals surface area contributed by atoms with Crippen molar-refractivity contribution in [1.29, 1.82) is 5.26 Å². The summed E-state index contributed by atoms with van der Waals surface area (Å²) in [5.74, 6) is -0.544. The van der Waals surface area contributed by atoms with Crippen LogP contribution in [-0.4, -0.2) is 13.1 Å². The molecule has 0 amide bonds. The molecule has 0 aromatic heterocycles. The molecule has 0 heterocycles. The molecule has 0 saturated heterocycles. The minimum atomic E-state index is -0.544. The normalized spacial score (nSPS) is 9.47. The lowest BCUT2D eigenvalue weighted by Gasteiger charge is -2.06. The molecule has 0 N–H and O–H groups in total. The summed E-state index contributed by atoms with van der Waals surface area (Å²) in [6.07, 6.45) is 0. The second-order valence-electron chi connectivity index (χ2n) is 2.70. The average molecular weight is 289 g/mol. The van der Waals surface area contributed by atoms with E-state index in [1.54, 1.807) is 12.1 Å². The monoisotopic (exact) mass is 287 g/mol. The van der Waals surface area contributed by atoms with Gasteiger partial charge in [0.25, 0.3) is 0 Å². The van der Waals surface area contributed by atoms with Crippen molar-refractivity contribution >= 4 is 33.5 Å². The van der Waals surface area contributed by atoms with Crippen molar-refractivity contribution in [1.82, 2.24) is 0 Å². The Morgan fingerprint density at radius 1 is 1.67 bits per heavy atom. The average Bonchev–Trinajstić information content (AvgIpc) is 2.27. The number of benzene rings is 1. The highest BCUT2D eigenvalue weighted by atomic mass is 79.9. The number of hydrogen-bond acceptors (Lipinski definition) is 3. The first-order chi connectivity index (χ1) is 7.15. The van der Waals surface area contributed by atoms with Crippen molar-refractivity contribution < 1.29 is 9.53 Å². The molecule has 0 saturated carbocycles. The van der Waals surface area contributed by atoms with Crippen LogP contribution in [0.25, 0.3) is 0 Å². The van der Waals surface area contributed by atoms with Gasteiger partial charge in [0.15, 0.2) is 0 Å². The SMILES string of the molecule is COC(=O)c1ccc(CBr)c(C#N)c1Cl. The van der Waals surface area contributed by atoms with Crippen LogP contribution in [0.4, 0.5) is 0 Å². The van der Waals surface area contributed by atoms with Crippen LogP contribution in [0, 0.1) is 11.3 Å². The lowest BCUT2D eigenvalue weighted by Crippen LogP contribution is -2.04. The zero-order chi connectivity index (χ0) is 11.4. The van der Waals surface area contributed by atoms with E-state index in [0.29, 0.717) is 10.9 Å². The van der Waals surface area contributed by atoms with Gasteiger partial charge < -0.3 is 4.74 Å². The Morgan fingerprint density at radius 2 is 2.33 bits per heavy atom. The van der Waals surface area contributed by atoms with Gasteiger partial charge in [-0.05, 0) is 11.6 Å². The number of carbonyl (C=O) groups is 1. The first-order valence-corrected chi connectivity index (χ1v) is 5.51. The van der Waals surface area contributed by atoms with E-state index >= 15 is 0 Å². The Morgan fingerprint density at radius 3 is 2.80 bits per heavy atom. The fourth-order valence-corrected chi connectivity index (χ4v) is 1.89. The van der Waals surface area contributed by atoms with Crippen LogP contribution in [0.3, 0.4) is 0 Å². The van der Waals surface area contributed by atoms with Crippen molar-refractivity contribution in [3.63, 3.8) is 0 Å². The van der Waals surface area contributed by atoms with E-state index in [0.717, 1.165) is 5.56 Å². The Hall–Kier alpha value is -1.05. The fraction of sp³-hybridized carbons (Fsp3) is 0.200. The van der Waals surface area contributed by atoms with Crippen molar-refractivity contribution in [2.75, 3.05) is 7.11 Å². The number of carbonyl (C=O) groups excluding carboxylic acids is 1. The molecule has 0 radical (unpaired) electrons. The number of methoxy groups -OCH3 is 1. The molecule has 15 heavy (non-hydrogen) atoms. The topological polar surface area (TPSA) is 50.1 Å². The maximum Gasteiger partial charge on any atom is 0.339 e. The van der Waals surface area contributed by atoms with Gasteiger partial charge in [-0.15, -0.1) is 0 Å². The summed E-state index contributed by atoms with van der Waals surface area (Å²) in [4.78, 5) is 11.3. The Labute approximate surface area is 101 Å². The number of ether oxygens (including phenoxy) is 1. The Balaban J connectivity index is 3.37. The third-order valence-corrected chi connectivity index (χ3v) is 2.89. The predicted molar refractivity (Wildman–Crippen MR) is 60.1 cm³/mol. The molecule has 0 aliphatic rings. The standard InChI is InChI=1S/C10H7BrClNO2/c1-15-10(14)7-3-2-6(4-11)8(5-13)9(7)12/h2-3H,4H2,1H3. The molecular weight excluding hydrogens is 281 g/mol. The summed E-state index contributed by atoms with van der Waals surface area (Å²) < 4.78 is 4.55. The van der Waals surface area contributed by atoms with Gasteiger partial charge in [-0.3, -0.25) is 0 Å². The van der Waals surface area contributed by atoms with Crippen molar-refractivity contribution in [2.24, 2.45) is 0 Å². The fourth-order valence-electron chi connectivity index (χ4n) is 1.12. The summed E-state index contributed by atoms with van der Waals surface area (Å²) in [6, 6.07) is 5.18. The van der Waals surface area contributed by atoms with E-state index in [2.05, 4.69) is 20.7 Å². The smallest absolute Gasteiger partial charge is 0.339 e. The molecule has 0 bridgehead atoms. The zero-order valence-corrected chi connectivity index (χ0v) is 10.2. The minimum Gasteiger partial charge on any atom is -0.465 e. The van der Waals surface area contributed by atoms with Gasteiger partial charge in [-0.1, -0.05) is 33.6 Å². The summed E-state index contributed by atoms with van der Waals surface area (Å²) in [7, 11) is 1.27. The highest BCUT2D eigenvalue weighted by Crippen LogP contribution is 2.26. The highest BCUT2D eigenvalue weighted by Gasteiger charge is 2.16. The van der Waals surface area contributed by atoms with Crippen molar-refractivity contribution in [2.45, 2.75) is 5.33 Å². The van der Waals surface area contributed by atoms with Crippen LogP contribution in [0.15, 0.2) is 12.1 Å². The molecule has 0 spiro atoms. The van der Waals surface area contributed by atoms with Crippen molar-refractivity contribution in [3.8, 4) is 6.07 Å². The summed E-state index contributed by atoms with van der Waals surface area (Å²) in [5, 5.41) is 9.55. The second-order valence-corrected chi connectivity index (χ2v) is 3.64. The Bertz CT molecular complexity index is 440. The lowest BCUT2D eigenvalue weighted by atomic mass is 10.1. The number of hydrogen-bond donors (Lipinski definition) is 0. The molecular formula is C10H7BrClNO2. The molecule has 0 aliphatic heterocycles. The number of halogens is 2. The molecule has 0 atom stereocenters. The van der Waals surface area contributed by atoms with Gasteiger partial charge in [0.05, 0.1) is 23.3 Å². The first-order valence-electron chi connectivity index (χ1n) is 4.01. The molecule has 1 rings (SSSR count). The van der Waals surface area contributed by atoms with Crippen LogP contribution in [0.5, 0.6) is 0 Å². The summed E-state index contributed by atoms with van der Waals surface area (Å²) in [6.45, 7) is 0. The van der Waals surface area contributed by atoms with E-state index in [1.807, 2.05) is 6.07 Å². The van der Waals surface area contributed by atoms with Crippen LogP contribution in [0.1, 0.15) is 21.5 Å². The van der Waals surface area contributed by atoms with Gasteiger partial charge in [0, 0.05) is 5.33 Å². The number of esters is 1. The van der Waals surface area contributed by atoms with Gasteiger partial charge in [0.2, 0.25) is 0 Å². The van der Waals surface area contributed by atoms with E-state index in [4.69, 9.17) is 16.9 Å². The van der Waals surface area contributed by atoms with Gasteiger partial charge in [-0.25, -0.2) is 4.79 Å². The van der Waals surface area contributed by atoms with E-state index < -0.39 is 5.97 Å². The van der Waals surface area contributed by atoms with Crippen LogP contribution in [0.2, 0.25) is 5.02 Å². The highest BCUT2D eigenvalue weighted by molar-refractivity contribution is 9.08. The number of nitriles is 1. The molecule has 1 aromatic rings. The van der Waals surface area contributed by atoms with Crippen LogP contribution >= 0.6 is 27.5 Å². The molecule has 0 fully saturated rings. The first kappa shape index (κ1) is 12.0. The van der Waals surface area contributed by atoms with E-state index in [1.165, 1.54) is 7.11 Å². The maximum atomic E-state index is 11.3. The number of rotatable bonds is 2. The minimum absolute atomic E-state index is 0.140. The molecule has 0 unspecified atom stereocenters. The number of alkyl halides is 1. The largest absolute Gasteiger partial charge is 0.465 e. The summed E-state index contributed by atoms with van der Waals surface area (Å²) in [5.41, 5.74) is 1.26. The maximum absolute atomic E-state index is 11.3. The van der Waals surface area contributed by atoms with Gasteiger partial charge >= 0.3 is 5.97 Å². The van der Waals surface area contributed by atoms with Crippen molar-refractivity contribution in [3.05, 3.63) is 33.8 Å². The quantitative estimate of drug-likeness (QED) is 0.621. The lowest BCUT2D eigenvalue weighted by molar-refractivity contribution is 0.0601. The van der Waals surface area contributed by atoms with Gasteiger partial charge in [0.1, 0.15) is 6.07 Å². The third kappa shape index (κ3) is 2.31. The van der Waals surface area contributed by atoms with E-state index in [9.17, 15) is 4.79 Å². The predicted octanol–water partition coefficient (Wildman–Crippen LogP) is 2.89. The summed E-state index contributed by atoms with van der Waals surface area (Å²) >= 11 is 9.16. The van der Waals surface area contributed by atoms with E-state index in [-0.39, 0.29) is 10.6 Å². The number of nitrogens with zero attached hydrogens (tertiary/aromatic N) is 1. The molecule has 1 aromatic carbocycles. The molecule has 5 heteroatoms. The zero-order valence-electron chi connectivity index (χ0n) is 7.88. The Kier molecular flexibility index (Phi) is 4.13. The van der Waals surface area contributed by atoms with Crippen LogP contribution in [-0.2, 0) is 10.1 Å². The second kappa shape index (κ2) is 5.15. The van der Waals surface area contributed by atoms with Gasteiger partial charge in [-0.2, -0.15) is 5.26 Å². The molecule has 3 nitrogen and oxygen atoms in total. The molecule has 0 aliphatic carbocycles.